The minimum Gasteiger partial charge on any atom is -0.544 e. The maximum absolute atomic E-state index is 12.1. The summed E-state index contributed by atoms with van der Waals surface area (Å²) < 4.78 is 0. The summed E-state index contributed by atoms with van der Waals surface area (Å²) in [5.41, 5.74) is 6.59. The minimum atomic E-state index is -1.19. The fourth-order valence-corrected chi connectivity index (χ4v) is 2.61. The Bertz CT molecular complexity index is 546. The van der Waals surface area contributed by atoms with Gasteiger partial charge in [-0.05, 0) is 51.2 Å². The van der Waals surface area contributed by atoms with E-state index >= 15 is 0 Å². The van der Waals surface area contributed by atoms with Crippen molar-refractivity contribution in [2.45, 2.75) is 52.0 Å². The maximum Gasteiger partial charge on any atom is 0.230 e. The molecule has 6 N–H and O–H groups in total. The third kappa shape index (κ3) is 7.57. The molecule has 6 nitrogen and oxygen atoms in total. The average Bonchev–Trinajstić information content (AvgIpc) is 2.52. The van der Waals surface area contributed by atoms with Gasteiger partial charge in [0.1, 0.15) is 6.04 Å². The van der Waals surface area contributed by atoms with Crippen LogP contribution >= 0.6 is 0 Å². The molecule has 0 aromatic heterocycles. The number of carbonyl (C=O) groups excluding carboxylic acids is 2. The molecular formula is C18H30N3O3+. The molecule has 0 radical (unpaired) electrons. The van der Waals surface area contributed by atoms with Crippen molar-refractivity contribution in [2.75, 3.05) is 18.4 Å². The largest absolute Gasteiger partial charge is 0.544 e. The average molecular weight is 336 g/mol. The molecule has 0 saturated heterocycles. The van der Waals surface area contributed by atoms with Crippen LogP contribution in [0.5, 0.6) is 0 Å². The van der Waals surface area contributed by atoms with Gasteiger partial charge in [-0.3, -0.25) is 4.79 Å². The van der Waals surface area contributed by atoms with Gasteiger partial charge in [-0.2, -0.15) is 0 Å². The molecule has 0 spiro atoms. The molecule has 0 unspecified atom stereocenters. The number of nitrogens with two attached hydrogens (primary N) is 1. The number of aryl methyl sites for hydroxylation is 2. The van der Waals surface area contributed by atoms with Crippen molar-refractivity contribution >= 4 is 17.6 Å². The van der Waals surface area contributed by atoms with Crippen LogP contribution in [0.1, 0.15) is 43.2 Å². The number of nitrogens with one attached hydrogen (secondary N) is 1. The Kier molecular flexibility index (Phi) is 9.04. The van der Waals surface area contributed by atoms with Crippen LogP contribution in [0.3, 0.4) is 0 Å². The molecule has 0 aliphatic carbocycles. The van der Waals surface area contributed by atoms with Crippen LogP contribution in [-0.2, 0) is 9.59 Å². The molecule has 0 heterocycles. The summed E-state index contributed by atoms with van der Waals surface area (Å²) in [6, 6.07) is 4.88. The molecule has 134 valence electrons. The van der Waals surface area contributed by atoms with Gasteiger partial charge < -0.3 is 26.3 Å². The summed E-state index contributed by atoms with van der Waals surface area (Å²) in [6.07, 6.45) is 4.11. The predicted molar refractivity (Wildman–Crippen MR) is 91.0 cm³/mol. The molecule has 0 fully saturated rings. The second kappa shape index (κ2) is 10.8. The van der Waals surface area contributed by atoms with Crippen LogP contribution in [0.15, 0.2) is 18.2 Å². The highest BCUT2D eigenvalue weighted by Crippen LogP contribution is 2.16. The lowest BCUT2D eigenvalue weighted by Crippen LogP contribution is -2.93. The Morgan fingerprint density at radius 1 is 1.21 bits per heavy atom. The zero-order chi connectivity index (χ0) is 17.9. The molecule has 1 aromatic carbocycles. The van der Waals surface area contributed by atoms with E-state index in [0.717, 1.165) is 49.0 Å². The number of benzene rings is 1. The van der Waals surface area contributed by atoms with Crippen molar-refractivity contribution in [2.24, 2.45) is 0 Å². The van der Waals surface area contributed by atoms with E-state index in [1.54, 1.807) is 5.32 Å². The number of carboxylic acids is 1. The van der Waals surface area contributed by atoms with Crippen molar-refractivity contribution in [1.29, 1.82) is 0 Å². The van der Waals surface area contributed by atoms with E-state index in [2.05, 4.69) is 11.1 Å². The molecule has 0 aliphatic rings. The van der Waals surface area contributed by atoms with Gasteiger partial charge in [0.05, 0.1) is 25.5 Å². The standard InChI is InChI=1S/C18H29N3O3/c1-13-7-8-15(14(2)11-13)21-17(22)12-16(18(23)24)20-10-6-4-3-5-9-19/h7-8,11,16,20H,3-6,9-10,12,19H2,1-2H3,(H,21,22)(H,23,24)/p+1/t16-/m0/s1. The van der Waals surface area contributed by atoms with E-state index in [1.165, 1.54) is 0 Å². The molecule has 6 heteroatoms. The van der Waals surface area contributed by atoms with Crippen molar-refractivity contribution in [3.63, 3.8) is 0 Å². The summed E-state index contributed by atoms with van der Waals surface area (Å²) in [5, 5.41) is 15.7. The van der Waals surface area contributed by atoms with E-state index in [-0.39, 0.29) is 12.3 Å². The number of carboxylic acid groups (broad SMARTS) is 1. The van der Waals surface area contributed by atoms with Crippen molar-refractivity contribution in [3.8, 4) is 0 Å². The Morgan fingerprint density at radius 3 is 2.54 bits per heavy atom. The van der Waals surface area contributed by atoms with Crippen LogP contribution in [0.2, 0.25) is 0 Å². The first-order valence-electron chi connectivity index (χ1n) is 8.64. The van der Waals surface area contributed by atoms with Gasteiger partial charge in [-0.25, -0.2) is 0 Å². The highest BCUT2D eigenvalue weighted by atomic mass is 16.4. The lowest BCUT2D eigenvalue weighted by Gasteiger charge is -2.17. The first-order valence-corrected chi connectivity index (χ1v) is 8.64. The quantitative estimate of drug-likeness (QED) is 0.456. The van der Waals surface area contributed by atoms with Crippen LogP contribution < -0.4 is 21.5 Å². The molecule has 0 bridgehead atoms. The number of carbonyl (C=O) groups is 2. The molecule has 0 saturated carbocycles. The Balaban J connectivity index is 2.43. The van der Waals surface area contributed by atoms with E-state index in [0.29, 0.717) is 6.54 Å². The minimum absolute atomic E-state index is 0.0888. The van der Waals surface area contributed by atoms with Gasteiger partial charge >= 0.3 is 0 Å². The summed E-state index contributed by atoms with van der Waals surface area (Å²) in [7, 11) is 0. The zero-order valence-electron chi connectivity index (χ0n) is 14.8. The number of hydrogen-bond acceptors (Lipinski definition) is 3. The number of quaternary nitrogens is 2. The number of hydrogen-bond donors (Lipinski definition) is 3. The molecule has 1 atom stereocenters. The SMILES string of the molecule is Cc1ccc(NC(=O)C[C@H]([NH2+]CCCCCC[NH3+])C(=O)[O-])c(C)c1. The summed E-state index contributed by atoms with van der Waals surface area (Å²) in [5.74, 6) is -1.49. The fourth-order valence-electron chi connectivity index (χ4n) is 2.61. The third-order valence-electron chi connectivity index (χ3n) is 4.02. The molecule has 0 aliphatic heterocycles. The van der Waals surface area contributed by atoms with Crippen molar-refractivity contribution in [1.82, 2.24) is 0 Å². The van der Waals surface area contributed by atoms with Gasteiger partial charge in [0.2, 0.25) is 5.91 Å². The molecule has 1 amide bonds. The topological polar surface area (TPSA) is 113 Å². The second-order valence-electron chi connectivity index (χ2n) is 6.29. The van der Waals surface area contributed by atoms with Crippen LogP contribution in [0.25, 0.3) is 0 Å². The van der Waals surface area contributed by atoms with Crippen LogP contribution in [0.4, 0.5) is 5.69 Å². The van der Waals surface area contributed by atoms with Crippen molar-refractivity contribution < 1.29 is 25.7 Å². The number of aliphatic carboxylic acids is 1. The van der Waals surface area contributed by atoms with Crippen molar-refractivity contribution in [3.05, 3.63) is 29.3 Å². The smallest absolute Gasteiger partial charge is 0.230 e. The van der Waals surface area contributed by atoms with Gasteiger partial charge in [0.25, 0.3) is 0 Å². The van der Waals surface area contributed by atoms with E-state index in [4.69, 9.17) is 0 Å². The Labute approximate surface area is 143 Å². The summed E-state index contributed by atoms with van der Waals surface area (Å²) >= 11 is 0. The highest BCUT2D eigenvalue weighted by Gasteiger charge is 2.18. The van der Waals surface area contributed by atoms with E-state index < -0.39 is 12.0 Å². The first-order chi connectivity index (χ1) is 11.4. The lowest BCUT2D eigenvalue weighted by molar-refractivity contribution is -0.682. The monoisotopic (exact) mass is 336 g/mol. The third-order valence-corrected chi connectivity index (χ3v) is 4.02. The number of anilines is 1. The van der Waals surface area contributed by atoms with Crippen LogP contribution in [0, 0.1) is 13.8 Å². The van der Waals surface area contributed by atoms with Gasteiger partial charge in [-0.15, -0.1) is 0 Å². The second-order valence-corrected chi connectivity index (χ2v) is 6.29. The van der Waals surface area contributed by atoms with E-state index in [9.17, 15) is 14.7 Å². The molecule has 1 aromatic rings. The fraction of sp³-hybridized carbons (Fsp3) is 0.556. The van der Waals surface area contributed by atoms with E-state index in [1.807, 2.05) is 32.0 Å². The number of amides is 1. The highest BCUT2D eigenvalue weighted by molar-refractivity contribution is 5.94. The summed E-state index contributed by atoms with van der Waals surface area (Å²) in [6.45, 7) is 5.52. The Hall–Kier alpha value is -1.92. The molecule has 24 heavy (non-hydrogen) atoms. The summed E-state index contributed by atoms with van der Waals surface area (Å²) in [4.78, 5) is 23.3. The Morgan fingerprint density at radius 2 is 1.92 bits per heavy atom. The van der Waals surface area contributed by atoms with Gasteiger partial charge in [0, 0.05) is 5.69 Å². The zero-order valence-corrected chi connectivity index (χ0v) is 14.8. The molecule has 1 rings (SSSR count). The predicted octanol–water partition coefficient (Wildman–Crippen LogP) is -0.884. The van der Waals surface area contributed by atoms with Gasteiger partial charge in [0.15, 0.2) is 0 Å². The number of rotatable bonds is 11. The first kappa shape index (κ1) is 20.1. The normalized spacial score (nSPS) is 12.0. The van der Waals surface area contributed by atoms with Crippen LogP contribution in [-0.4, -0.2) is 31.0 Å². The molecular weight excluding hydrogens is 306 g/mol. The maximum atomic E-state index is 12.1. The lowest BCUT2D eigenvalue weighted by atomic mass is 10.1. The number of unbranched alkanes of at least 4 members (excludes halogenated alkanes) is 3. The van der Waals surface area contributed by atoms with Gasteiger partial charge in [-0.1, -0.05) is 17.7 Å².